The van der Waals surface area contributed by atoms with Crippen molar-refractivity contribution < 1.29 is 9.90 Å². The molecule has 1 unspecified atom stereocenters. The SMILES string of the molecule is CC(C)CC(CNc1ccc(C#N)cc1Cl)C(=O)O. The van der Waals surface area contributed by atoms with Crippen molar-refractivity contribution in [2.24, 2.45) is 11.8 Å². The van der Waals surface area contributed by atoms with Crippen molar-refractivity contribution in [2.45, 2.75) is 20.3 Å². The fourth-order valence-electron chi connectivity index (χ4n) is 1.80. The van der Waals surface area contributed by atoms with Crippen LogP contribution in [0.4, 0.5) is 5.69 Å². The van der Waals surface area contributed by atoms with Crippen LogP contribution in [0, 0.1) is 23.2 Å². The van der Waals surface area contributed by atoms with Crippen molar-refractivity contribution in [1.82, 2.24) is 0 Å². The van der Waals surface area contributed by atoms with Crippen molar-refractivity contribution in [3.8, 4) is 6.07 Å². The van der Waals surface area contributed by atoms with Gasteiger partial charge in [-0.2, -0.15) is 5.26 Å². The van der Waals surface area contributed by atoms with Crippen molar-refractivity contribution in [3.63, 3.8) is 0 Å². The van der Waals surface area contributed by atoms with Crippen LogP contribution >= 0.6 is 11.6 Å². The van der Waals surface area contributed by atoms with Crippen molar-refractivity contribution >= 4 is 23.3 Å². The smallest absolute Gasteiger partial charge is 0.308 e. The minimum absolute atomic E-state index is 0.319. The number of hydrogen-bond acceptors (Lipinski definition) is 3. The van der Waals surface area contributed by atoms with Gasteiger partial charge in [-0.3, -0.25) is 4.79 Å². The Labute approximate surface area is 118 Å². The lowest BCUT2D eigenvalue weighted by atomic mass is 9.97. The van der Waals surface area contributed by atoms with Crippen LogP contribution in [0.3, 0.4) is 0 Å². The third-order valence-corrected chi connectivity index (χ3v) is 3.05. The molecule has 0 bridgehead atoms. The molecule has 1 aromatic carbocycles. The first kappa shape index (κ1) is 15.3. The molecule has 2 N–H and O–H groups in total. The van der Waals surface area contributed by atoms with E-state index in [1.165, 1.54) is 0 Å². The Morgan fingerprint density at radius 3 is 2.68 bits per heavy atom. The van der Waals surface area contributed by atoms with E-state index in [1.807, 2.05) is 19.9 Å². The summed E-state index contributed by atoms with van der Waals surface area (Å²) in [5.41, 5.74) is 1.13. The third-order valence-electron chi connectivity index (χ3n) is 2.74. The van der Waals surface area contributed by atoms with Crippen LogP contribution in [0.15, 0.2) is 18.2 Å². The van der Waals surface area contributed by atoms with Gasteiger partial charge in [0.05, 0.1) is 28.3 Å². The van der Waals surface area contributed by atoms with Gasteiger partial charge >= 0.3 is 5.97 Å². The molecule has 0 saturated heterocycles. The second-order valence-electron chi connectivity index (χ2n) is 4.85. The summed E-state index contributed by atoms with van der Waals surface area (Å²) >= 11 is 6.02. The van der Waals surface area contributed by atoms with Gasteiger partial charge in [-0.25, -0.2) is 0 Å². The molecule has 102 valence electrons. The Hall–Kier alpha value is -1.73. The summed E-state index contributed by atoms with van der Waals surface area (Å²) in [6.07, 6.45) is 0.607. The Morgan fingerprint density at radius 1 is 1.53 bits per heavy atom. The van der Waals surface area contributed by atoms with Crippen LogP contribution in [0.1, 0.15) is 25.8 Å². The highest BCUT2D eigenvalue weighted by molar-refractivity contribution is 6.33. The number of carboxylic acid groups (broad SMARTS) is 1. The van der Waals surface area contributed by atoms with Gasteiger partial charge < -0.3 is 10.4 Å². The molecule has 19 heavy (non-hydrogen) atoms. The average molecular weight is 281 g/mol. The van der Waals surface area contributed by atoms with E-state index >= 15 is 0 Å². The number of carboxylic acids is 1. The average Bonchev–Trinajstić information content (AvgIpc) is 2.34. The molecule has 1 aromatic rings. The molecule has 1 rings (SSSR count). The number of nitrogens with zero attached hydrogens (tertiary/aromatic N) is 1. The van der Waals surface area contributed by atoms with Crippen LogP contribution in [-0.4, -0.2) is 17.6 Å². The molecule has 0 saturated carbocycles. The van der Waals surface area contributed by atoms with Gasteiger partial charge in [0.1, 0.15) is 0 Å². The van der Waals surface area contributed by atoms with Gasteiger partial charge in [-0.05, 0) is 30.5 Å². The summed E-state index contributed by atoms with van der Waals surface area (Å²) in [4.78, 5) is 11.1. The Bertz CT molecular complexity index is 495. The highest BCUT2D eigenvalue weighted by Gasteiger charge is 2.18. The van der Waals surface area contributed by atoms with Crippen LogP contribution in [0.5, 0.6) is 0 Å². The van der Waals surface area contributed by atoms with E-state index in [4.69, 9.17) is 22.0 Å². The van der Waals surface area contributed by atoms with Gasteiger partial charge in [0.25, 0.3) is 0 Å². The first-order chi connectivity index (χ1) is 8.93. The number of anilines is 1. The molecular weight excluding hydrogens is 264 g/mol. The lowest BCUT2D eigenvalue weighted by molar-refractivity contribution is -0.141. The fraction of sp³-hybridized carbons (Fsp3) is 0.429. The molecule has 4 nitrogen and oxygen atoms in total. The highest BCUT2D eigenvalue weighted by atomic mass is 35.5. The molecule has 0 heterocycles. The molecule has 1 atom stereocenters. The van der Waals surface area contributed by atoms with E-state index in [2.05, 4.69) is 5.32 Å². The van der Waals surface area contributed by atoms with E-state index in [-0.39, 0.29) is 0 Å². The first-order valence-corrected chi connectivity index (χ1v) is 6.48. The zero-order chi connectivity index (χ0) is 14.4. The van der Waals surface area contributed by atoms with Crippen molar-refractivity contribution in [3.05, 3.63) is 28.8 Å². The van der Waals surface area contributed by atoms with E-state index in [0.29, 0.717) is 35.2 Å². The standard InChI is InChI=1S/C14H17ClN2O2/c1-9(2)5-11(14(18)19)8-17-13-4-3-10(7-16)6-12(13)15/h3-4,6,9,11,17H,5,8H2,1-2H3,(H,18,19). The molecule has 0 spiro atoms. The lowest BCUT2D eigenvalue weighted by Crippen LogP contribution is -2.24. The molecule has 0 amide bonds. The molecule has 0 aliphatic rings. The minimum Gasteiger partial charge on any atom is -0.481 e. The van der Waals surface area contributed by atoms with Gasteiger partial charge in [-0.1, -0.05) is 25.4 Å². The van der Waals surface area contributed by atoms with Crippen LogP contribution in [-0.2, 0) is 4.79 Å². The third kappa shape index (κ3) is 4.80. The molecule has 0 aliphatic heterocycles. The number of rotatable bonds is 6. The number of hydrogen-bond donors (Lipinski definition) is 2. The molecule has 0 aliphatic carbocycles. The summed E-state index contributed by atoms with van der Waals surface area (Å²) in [7, 11) is 0. The van der Waals surface area contributed by atoms with Crippen LogP contribution < -0.4 is 5.32 Å². The second kappa shape index (κ2) is 7.01. The molecule has 0 aromatic heterocycles. The number of nitrogens with one attached hydrogen (secondary N) is 1. The topological polar surface area (TPSA) is 73.1 Å². The molecule has 5 heteroatoms. The Kier molecular flexibility index (Phi) is 5.65. The number of nitriles is 1. The zero-order valence-corrected chi connectivity index (χ0v) is 11.7. The summed E-state index contributed by atoms with van der Waals surface area (Å²) < 4.78 is 0. The van der Waals surface area contributed by atoms with E-state index in [1.54, 1.807) is 18.2 Å². The Morgan fingerprint density at radius 2 is 2.21 bits per heavy atom. The fourth-order valence-corrected chi connectivity index (χ4v) is 2.05. The summed E-state index contributed by atoms with van der Waals surface area (Å²) in [5, 5.41) is 21.3. The van der Waals surface area contributed by atoms with Gasteiger partial charge in [-0.15, -0.1) is 0 Å². The normalized spacial score (nSPS) is 11.9. The van der Waals surface area contributed by atoms with Crippen LogP contribution in [0.25, 0.3) is 0 Å². The predicted molar refractivity (Wildman–Crippen MR) is 75.2 cm³/mol. The number of carbonyl (C=O) groups is 1. The largest absolute Gasteiger partial charge is 0.481 e. The number of halogens is 1. The monoisotopic (exact) mass is 280 g/mol. The maximum Gasteiger partial charge on any atom is 0.308 e. The second-order valence-corrected chi connectivity index (χ2v) is 5.26. The zero-order valence-electron chi connectivity index (χ0n) is 11.0. The maximum atomic E-state index is 11.1. The van der Waals surface area contributed by atoms with Gasteiger partial charge in [0.15, 0.2) is 0 Å². The molecule has 0 radical (unpaired) electrons. The highest BCUT2D eigenvalue weighted by Crippen LogP contribution is 2.23. The summed E-state index contributed by atoms with van der Waals surface area (Å²) in [6.45, 7) is 4.30. The van der Waals surface area contributed by atoms with Gasteiger partial charge in [0, 0.05) is 6.54 Å². The van der Waals surface area contributed by atoms with Crippen LogP contribution in [0.2, 0.25) is 5.02 Å². The van der Waals surface area contributed by atoms with Crippen molar-refractivity contribution in [1.29, 1.82) is 5.26 Å². The van der Waals surface area contributed by atoms with E-state index in [9.17, 15) is 4.79 Å². The lowest BCUT2D eigenvalue weighted by Gasteiger charge is -2.16. The van der Waals surface area contributed by atoms with Crippen molar-refractivity contribution in [2.75, 3.05) is 11.9 Å². The van der Waals surface area contributed by atoms with Gasteiger partial charge in [0.2, 0.25) is 0 Å². The molecular formula is C14H17ClN2O2. The minimum atomic E-state index is -0.814. The number of aliphatic carboxylic acids is 1. The predicted octanol–water partition coefficient (Wildman–Crippen LogP) is 3.37. The Balaban J connectivity index is 2.69. The first-order valence-electron chi connectivity index (χ1n) is 6.10. The molecule has 0 fully saturated rings. The summed E-state index contributed by atoms with van der Waals surface area (Å²) in [5.74, 6) is -0.947. The van der Waals surface area contributed by atoms with E-state index < -0.39 is 11.9 Å². The maximum absolute atomic E-state index is 11.1. The summed E-state index contributed by atoms with van der Waals surface area (Å²) in [6, 6.07) is 6.89. The quantitative estimate of drug-likeness (QED) is 0.838. The number of benzene rings is 1. The van der Waals surface area contributed by atoms with E-state index in [0.717, 1.165) is 0 Å².